The predicted molar refractivity (Wildman–Crippen MR) is 94.4 cm³/mol. The highest BCUT2D eigenvalue weighted by Crippen LogP contribution is 2.32. The molecule has 1 aromatic heterocycles. The van der Waals surface area contributed by atoms with Crippen molar-refractivity contribution in [2.24, 2.45) is 5.92 Å². The molecule has 2 heterocycles. The van der Waals surface area contributed by atoms with Crippen molar-refractivity contribution in [3.05, 3.63) is 35.3 Å². The van der Waals surface area contributed by atoms with E-state index < -0.39 is 0 Å². The Hall–Kier alpha value is -1.92. The molecule has 1 aliphatic heterocycles. The van der Waals surface area contributed by atoms with Crippen molar-refractivity contribution < 1.29 is 14.6 Å². The first-order valence-corrected chi connectivity index (χ1v) is 9.04. The SMILES string of the molecule is COc1ccccc1-c1nc(C(=O)N2CCCC(C(C)O)C2)cs1. The highest BCUT2D eigenvalue weighted by atomic mass is 32.1. The molecule has 1 amide bonds. The van der Waals surface area contributed by atoms with E-state index in [4.69, 9.17) is 4.74 Å². The van der Waals surface area contributed by atoms with Gasteiger partial charge in [-0.15, -0.1) is 11.3 Å². The second kappa shape index (κ2) is 7.32. The number of carbonyl (C=O) groups excluding carboxylic acids is 1. The second-order valence-corrected chi connectivity index (χ2v) is 6.99. The number of amides is 1. The number of hydrogen-bond acceptors (Lipinski definition) is 5. The summed E-state index contributed by atoms with van der Waals surface area (Å²) >= 11 is 1.44. The molecule has 1 N–H and O–H groups in total. The average molecular weight is 346 g/mol. The number of methoxy groups -OCH3 is 1. The number of carbonyl (C=O) groups is 1. The van der Waals surface area contributed by atoms with Crippen molar-refractivity contribution in [3.63, 3.8) is 0 Å². The van der Waals surface area contributed by atoms with Crippen LogP contribution < -0.4 is 4.74 Å². The van der Waals surface area contributed by atoms with E-state index in [2.05, 4.69) is 4.98 Å². The highest BCUT2D eigenvalue weighted by Gasteiger charge is 2.28. The molecule has 128 valence electrons. The Morgan fingerprint density at radius 1 is 1.46 bits per heavy atom. The molecule has 1 aliphatic rings. The van der Waals surface area contributed by atoms with E-state index in [-0.39, 0.29) is 17.9 Å². The smallest absolute Gasteiger partial charge is 0.273 e. The number of aliphatic hydroxyl groups is 1. The number of aromatic nitrogens is 1. The van der Waals surface area contributed by atoms with E-state index in [1.54, 1.807) is 19.4 Å². The zero-order valence-electron chi connectivity index (χ0n) is 13.9. The normalized spacial score (nSPS) is 19.1. The number of para-hydroxylation sites is 1. The van der Waals surface area contributed by atoms with Gasteiger partial charge in [0.1, 0.15) is 16.5 Å². The average Bonchev–Trinajstić information content (AvgIpc) is 3.11. The van der Waals surface area contributed by atoms with Crippen molar-refractivity contribution in [2.75, 3.05) is 20.2 Å². The van der Waals surface area contributed by atoms with Crippen molar-refractivity contribution >= 4 is 17.2 Å². The molecule has 1 saturated heterocycles. The van der Waals surface area contributed by atoms with Gasteiger partial charge in [-0.3, -0.25) is 4.79 Å². The van der Waals surface area contributed by atoms with Crippen LogP contribution in [0.5, 0.6) is 5.75 Å². The molecule has 6 heteroatoms. The Kier molecular flexibility index (Phi) is 5.16. The quantitative estimate of drug-likeness (QED) is 0.924. The van der Waals surface area contributed by atoms with Gasteiger partial charge in [-0.2, -0.15) is 0 Å². The number of rotatable bonds is 4. The van der Waals surface area contributed by atoms with Crippen LogP contribution in [0.15, 0.2) is 29.6 Å². The highest BCUT2D eigenvalue weighted by molar-refractivity contribution is 7.13. The van der Waals surface area contributed by atoms with Crippen molar-refractivity contribution in [2.45, 2.75) is 25.9 Å². The van der Waals surface area contributed by atoms with Crippen LogP contribution in [-0.2, 0) is 0 Å². The summed E-state index contributed by atoms with van der Waals surface area (Å²) in [5, 5.41) is 12.4. The Morgan fingerprint density at radius 2 is 2.25 bits per heavy atom. The fourth-order valence-corrected chi connectivity index (χ4v) is 3.89. The number of aliphatic hydroxyl groups excluding tert-OH is 1. The standard InChI is InChI=1S/C18H22N2O3S/c1-12(21)13-6-5-9-20(10-13)18(22)15-11-24-17(19-15)14-7-3-4-8-16(14)23-2/h3-4,7-8,11-13,21H,5-6,9-10H2,1-2H3. The maximum Gasteiger partial charge on any atom is 0.273 e. The first-order chi connectivity index (χ1) is 11.6. The van der Waals surface area contributed by atoms with Crippen molar-refractivity contribution in [3.8, 4) is 16.3 Å². The van der Waals surface area contributed by atoms with Gasteiger partial charge in [0.15, 0.2) is 0 Å². The Morgan fingerprint density at radius 3 is 3.00 bits per heavy atom. The van der Waals surface area contributed by atoms with E-state index in [9.17, 15) is 9.90 Å². The minimum Gasteiger partial charge on any atom is -0.496 e. The molecule has 0 saturated carbocycles. The van der Waals surface area contributed by atoms with Crippen LogP contribution in [0.4, 0.5) is 0 Å². The Bertz CT molecular complexity index is 714. The number of piperidine rings is 1. The number of nitrogens with zero attached hydrogens (tertiary/aromatic N) is 2. The van der Waals surface area contributed by atoms with Crippen LogP contribution in [0.3, 0.4) is 0 Å². The van der Waals surface area contributed by atoms with Gasteiger partial charge in [-0.1, -0.05) is 12.1 Å². The molecule has 0 radical (unpaired) electrons. The molecule has 2 aromatic rings. The minimum atomic E-state index is -0.389. The molecule has 24 heavy (non-hydrogen) atoms. The van der Waals surface area contributed by atoms with E-state index in [0.717, 1.165) is 35.7 Å². The third-order valence-corrected chi connectivity index (χ3v) is 5.36. The van der Waals surface area contributed by atoms with Gasteiger partial charge >= 0.3 is 0 Å². The Labute approximate surface area is 145 Å². The zero-order chi connectivity index (χ0) is 17.1. The molecule has 5 nitrogen and oxygen atoms in total. The molecular formula is C18H22N2O3S. The van der Waals surface area contributed by atoms with Gasteiger partial charge in [0.2, 0.25) is 0 Å². The molecule has 1 fully saturated rings. The van der Waals surface area contributed by atoms with Gasteiger partial charge in [-0.05, 0) is 31.9 Å². The van der Waals surface area contributed by atoms with E-state index in [1.807, 2.05) is 29.2 Å². The van der Waals surface area contributed by atoms with Crippen LogP contribution in [0.25, 0.3) is 10.6 Å². The van der Waals surface area contributed by atoms with E-state index in [0.29, 0.717) is 12.2 Å². The van der Waals surface area contributed by atoms with Crippen molar-refractivity contribution in [1.82, 2.24) is 9.88 Å². The van der Waals surface area contributed by atoms with Crippen molar-refractivity contribution in [1.29, 1.82) is 0 Å². The lowest BCUT2D eigenvalue weighted by atomic mass is 9.93. The summed E-state index contributed by atoms with van der Waals surface area (Å²) in [6.45, 7) is 3.11. The number of ether oxygens (including phenoxy) is 1. The van der Waals surface area contributed by atoms with Gasteiger partial charge in [0.05, 0.1) is 18.8 Å². The molecule has 0 spiro atoms. The van der Waals surface area contributed by atoms with Gasteiger partial charge in [0.25, 0.3) is 5.91 Å². The topological polar surface area (TPSA) is 62.7 Å². The Balaban J connectivity index is 1.79. The summed E-state index contributed by atoms with van der Waals surface area (Å²) in [6, 6.07) is 7.66. The predicted octanol–water partition coefficient (Wildman–Crippen LogP) is 3.05. The molecule has 0 aliphatic carbocycles. The fraction of sp³-hybridized carbons (Fsp3) is 0.444. The molecule has 3 rings (SSSR count). The van der Waals surface area contributed by atoms with Crippen LogP contribution in [0.1, 0.15) is 30.3 Å². The number of benzene rings is 1. The summed E-state index contributed by atoms with van der Waals surface area (Å²) in [6.07, 6.45) is 1.50. The lowest BCUT2D eigenvalue weighted by molar-refractivity contribution is 0.0462. The number of likely N-dealkylation sites (tertiary alicyclic amines) is 1. The first-order valence-electron chi connectivity index (χ1n) is 8.16. The largest absolute Gasteiger partial charge is 0.496 e. The maximum atomic E-state index is 12.7. The summed E-state index contributed by atoms with van der Waals surface area (Å²) in [4.78, 5) is 19.1. The molecule has 2 atom stereocenters. The van der Waals surface area contributed by atoms with Crippen LogP contribution in [0, 0.1) is 5.92 Å². The zero-order valence-corrected chi connectivity index (χ0v) is 14.8. The molecule has 2 unspecified atom stereocenters. The molecular weight excluding hydrogens is 324 g/mol. The maximum absolute atomic E-state index is 12.7. The van der Waals surface area contributed by atoms with E-state index >= 15 is 0 Å². The van der Waals surface area contributed by atoms with Crippen LogP contribution >= 0.6 is 11.3 Å². The third kappa shape index (κ3) is 3.44. The summed E-state index contributed by atoms with van der Waals surface area (Å²) in [5.41, 5.74) is 1.36. The lowest BCUT2D eigenvalue weighted by Crippen LogP contribution is -2.43. The summed E-state index contributed by atoms with van der Waals surface area (Å²) < 4.78 is 5.37. The number of hydrogen-bond donors (Lipinski definition) is 1. The van der Waals surface area contributed by atoms with Crippen LogP contribution in [0.2, 0.25) is 0 Å². The first kappa shape index (κ1) is 16.9. The fourth-order valence-electron chi connectivity index (χ4n) is 3.07. The minimum absolute atomic E-state index is 0.0576. The monoisotopic (exact) mass is 346 g/mol. The van der Waals surface area contributed by atoms with E-state index in [1.165, 1.54) is 11.3 Å². The van der Waals surface area contributed by atoms with Gasteiger partial charge < -0.3 is 14.7 Å². The molecule has 1 aromatic carbocycles. The lowest BCUT2D eigenvalue weighted by Gasteiger charge is -2.33. The summed E-state index contributed by atoms with van der Waals surface area (Å²) in [7, 11) is 1.63. The summed E-state index contributed by atoms with van der Waals surface area (Å²) in [5.74, 6) is 0.839. The second-order valence-electron chi connectivity index (χ2n) is 6.13. The van der Waals surface area contributed by atoms with Gasteiger partial charge in [0, 0.05) is 24.4 Å². The number of thiazole rings is 1. The molecule has 0 bridgehead atoms. The van der Waals surface area contributed by atoms with Gasteiger partial charge in [-0.25, -0.2) is 4.98 Å². The third-order valence-electron chi connectivity index (χ3n) is 4.49. The van der Waals surface area contributed by atoms with Crippen LogP contribution in [-0.4, -0.2) is 47.2 Å².